The Morgan fingerprint density at radius 1 is 0.844 bits per heavy atom. The van der Waals surface area contributed by atoms with Crippen molar-refractivity contribution < 1.29 is 59.9 Å². The number of hydrogen-bond donors (Lipinski definition) is 10. The third kappa shape index (κ3) is 9.26. The van der Waals surface area contributed by atoms with Gasteiger partial charge in [-0.15, -0.1) is 0 Å². The van der Waals surface area contributed by atoms with Gasteiger partial charge in [-0.1, -0.05) is 36.9 Å². The minimum Gasteiger partial charge on any atom is -0.394 e. The molecule has 1 aromatic carbocycles. The number of nitrogens with one attached hydrogen (secondary N) is 2. The topological polar surface area (TPSA) is 238 Å². The fraction of sp³-hybridized carbons (Fsp3) is 0.548. The highest BCUT2D eigenvalue weighted by atomic mass is 16.6. The van der Waals surface area contributed by atoms with E-state index >= 15 is 0 Å². The maximum Gasteiger partial charge on any atom is 0.251 e. The molecule has 3 rings (SSSR count). The molecule has 14 nitrogen and oxygen atoms in total. The van der Waals surface area contributed by atoms with Crippen molar-refractivity contribution in [2.24, 2.45) is 0 Å². The van der Waals surface area contributed by atoms with Gasteiger partial charge in [0.25, 0.3) is 5.91 Å². The number of rotatable bonds is 13. The molecule has 0 saturated carbocycles. The average Bonchev–Trinajstić information content (AvgIpc) is 3.04. The van der Waals surface area contributed by atoms with E-state index in [2.05, 4.69) is 17.2 Å². The van der Waals surface area contributed by atoms with Gasteiger partial charge < -0.3 is 61.0 Å². The summed E-state index contributed by atoms with van der Waals surface area (Å²) in [5.41, 5.74) is 1.36. The van der Waals surface area contributed by atoms with Crippen LogP contribution in [0, 0.1) is 0 Å². The number of aliphatic hydroxyl groups excluding tert-OH is 8. The van der Waals surface area contributed by atoms with Gasteiger partial charge in [0.2, 0.25) is 5.91 Å². The van der Waals surface area contributed by atoms with Crippen molar-refractivity contribution in [3.05, 3.63) is 71.3 Å². The van der Waals surface area contributed by atoms with Crippen molar-refractivity contribution in [2.45, 2.75) is 80.8 Å². The summed E-state index contributed by atoms with van der Waals surface area (Å²) in [4.78, 5) is 25.1. The molecule has 45 heavy (non-hydrogen) atoms. The first-order valence-electron chi connectivity index (χ1n) is 14.7. The van der Waals surface area contributed by atoms with Gasteiger partial charge in [0.05, 0.1) is 13.2 Å². The molecule has 2 aliphatic heterocycles. The second kappa shape index (κ2) is 17.1. The summed E-state index contributed by atoms with van der Waals surface area (Å²) in [7, 11) is 0. The van der Waals surface area contributed by atoms with Gasteiger partial charge >= 0.3 is 0 Å². The highest BCUT2D eigenvalue weighted by Crippen LogP contribution is 2.32. The van der Waals surface area contributed by atoms with Gasteiger partial charge in [-0.25, -0.2) is 0 Å². The molecule has 1 aromatic rings. The zero-order chi connectivity index (χ0) is 33.3. The smallest absolute Gasteiger partial charge is 0.251 e. The molecule has 2 heterocycles. The number of allylic oxidation sites excluding steroid dienone is 2. The number of aliphatic hydroxyl groups is 8. The maximum absolute atomic E-state index is 12.7. The second-order valence-corrected chi connectivity index (χ2v) is 11.1. The van der Waals surface area contributed by atoms with Gasteiger partial charge in [0.1, 0.15) is 61.0 Å². The molecule has 0 radical (unpaired) electrons. The van der Waals surface area contributed by atoms with Crippen LogP contribution < -0.4 is 10.6 Å². The number of carbonyl (C=O) groups is 2. The molecule has 250 valence electrons. The van der Waals surface area contributed by atoms with Crippen molar-refractivity contribution >= 4 is 11.8 Å². The first-order chi connectivity index (χ1) is 21.4. The van der Waals surface area contributed by atoms with Crippen molar-refractivity contribution in [3.8, 4) is 0 Å². The van der Waals surface area contributed by atoms with E-state index in [0.29, 0.717) is 42.6 Å². The van der Waals surface area contributed by atoms with Crippen LogP contribution >= 0.6 is 0 Å². The summed E-state index contributed by atoms with van der Waals surface area (Å²) in [6, 6.07) is 6.28. The molecule has 0 bridgehead atoms. The van der Waals surface area contributed by atoms with Gasteiger partial charge in [-0.05, 0) is 43.0 Å². The monoisotopic (exact) mass is 636 g/mol. The number of amides is 2. The fourth-order valence-corrected chi connectivity index (χ4v) is 5.02. The Hall–Kier alpha value is -3.02. The third-order valence-corrected chi connectivity index (χ3v) is 7.82. The highest BCUT2D eigenvalue weighted by Gasteiger charge is 2.45. The molecular formula is C31H44N2O12. The molecule has 0 aromatic heterocycles. The van der Waals surface area contributed by atoms with Crippen LogP contribution in [0.4, 0.5) is 0 Å². The summed E-state index contributed by atoms with van der Waals surface area (Å²) < 4.78 is 11.0. The Morgan fingerprint density at radius 3 is 2.09 bits per heavy atom. The normalized spacial score (nSPS) is 32.3. The van der Waals surface area contributed by atoms with Crippen LogP contribution in [-0.4, -0.2) is 134 Å². The van der Waals surface area contributed by atoms with Crippen molar-refractivity contribution in [1.82, 2.24) is 10.6 Å². The van der Waals surface area contributed by atoms with Crippen molar-refractivity contribution in [2.75, 3.05) is 26.3 Å². The molecule has 14 heteroatoms. The van der Waals surface area contributed by atoms with Gasteiger partial charge in [-0.3, -0.25) is 9.59 Å². The molecule has 10 atom stereocenters. The van der Waals surface area contributed by atoms with E-state index in [9.17, 15) is 50.4 Å². The Bertz CT molecular complexity index is 1220. The summed E-state index contributed by atoms with van der Waals surface area (Å²) in [6.07, 6.45) is -7.40. The largest absolute Gasteiger partial charge is 0.394 e. The van der Waals surface area contributed by atoms with Crippen LogP contribution in [0.1, 0.15) is 41.8 Å². The van der Waals surface area contributed by atoms with E-state index in [1.165, 1.54) is 24.3 Å². The van der Waals surface area contributed by atoms with Crippen LogP contribution in [0.3, 0.4) is 0 Å². The zero-order valence-electron chi connectivity index (χ0n) is 25.0. The Kier molecular flexibility index (Phi) is 13.8. The fourth-order valence-electron chi connectivity index (χ4n) is 5.02. The van der Waals surface area contributed by atoms with Crippen LogP contribution in [0.25, 0.3) is 0 Å². The zero-order valence-corrected chi connectivity index (χ0v) is 25.0. The van der Waals surface area contributed by atoms with Crippen LogP contribution in [-0.2, 0) is 14.3 Å². The lowest BCUT2D eigenvalue weighted by molar-refractivity contribution is -0.231. The summed E-state index contributed by atoms with van der Waals surface area (Å²) in [5, 5.41) is 84.7. The average molecular weight is 637 g/mol. The maximum atomic E-state index is 12.7. The summed E-state index contributed by atoms with van der Waals surface area (Å²) >= 11 is 0. The van der Waals surface area contributed by atoms with E-state index in [1.807, 2.05) is 0 Å². The van der Waals surface area contributed by atoms with E-state index < -0.39 is 74.3 Å². The second-order valence-electron chi connectivity index (χ2n) is 11.1. The Morgan fingerprint density at radius 2 is 1.44 bits per heavy atom. The molecule has 0 unspecified atom stereocenters. The lowest BCUT2D eigenvalue weighted by Crippen LogP contribution is -2.58. The lowest BCUT2D eigenvalue weighted by Gasteiger charge is -2.40. The first kappa shape index (κ1) is 36.4. The quantitative estimate of drug-likeness (QED) is 0.0627. The number of benzene rings is 1. The van der Waals surface area contributed by atoms with Gasteiger partial charge in [0, 0.05) is 24.2 Å². The molecule has 0 spiro atoms. The Balaban J connectivity index is 1.40. The molecule has 10 N–H and O–H groups in total. The van der Waals surface area contributed by atoms with Crippen LogP contribution in [0.15, 0.2) is 60.2 Å². The number of carbonyl (C=O) groups excluding carboxylic acids is 2. The molecule has 0 aliphatic carbocycles. The van der Waals surface area contributed by atoms with Crippen molar-refractivity contribution in [3.63, 3.8) is 0 Å². The molecule has 2 fully saturated rings. The predicted molar refractivity (Wildman–Crippen MR) is 160 cm³/mol. The minimum atomic E-state index is -1.53. The molecule has 2 aliphatic rings. The van der Waals surface area contributed by atoms with E-state index in [-0.39, 0.29) is 17.4 Å². The van der Waals surface area contributed by atoms with E-state index in [0.717, 1.165) is 0 Å². The summed E-state index contributed by atoms with van der Waals surface area (Å²) in [6.45, 7) is 4.99. The van der Waals surface area contributed by atoms with Crippen LogP contribution in [0.2, 0.25) is 0 Å². The van der Waals surface area contributed by atoms with E-state index in [1.54, 1.807) is 25.1 Å². The Labute approximate surface area is 260 Å². The first-order valence-corrected chi connectivity index (χ1v) is 14.7. The van der Waals surface area contributed by atoms with Crippen molar-refractivity contribution in [1.29, 1.82) is 0 Å². The SMILES string of the molecule is C=C(/C=C\C=C(/C)C(=O)NCCCCNC(=O)c1cccc([C@H]2O[C@H](CO)[C@@H](O)[C@H](O)[C@@H]2O)c1)[C@H]1O[C@H](CO)[C@@H](O)[C@H](O)[C@@H]1O. The molecule has 2 saturated heterocycles. The number of hydrogen-bond acceptors (Lipinski definition) is 12. The number of ether oxygens (including phenoxy) is 2. The number of unbranched alkanes of at least 4 members (excludes halogenated alkanes) is 1. The van der Waals surface area contributed by atoms with Gasteiger partial charge in [0.15, 0.2) is 0 Å². The van der Waals surface area contributed by atoms with Crippen LogP contribution in [0.5, 0.6) is 0 Å². The summed E-state index contributed by atoms with van der Waals surface area (Å²) in [5.74, 6) is -0.687. The minimum absolute atomic E-state index is 0.277. The van der Waals surface area contributed by atoms with Gasteiger partial charge in [-0.2, -0.15) is 0 Å². The standard InChI is InChI=1S/C31H44N2O12/c1-16(28-26(40)24(38)22(36)20(14-34)44-28)7-5-8-17(2)30(42)32-11-3-4-12-33-31(43)19-10-6-9-18(13-19)29-27(41)25(39)23(37)21(15-35)45-29/h5-10,13,20-29,34-41H,1,3-4,11-12,14-15H2,2H3,(H,32,42)(H,33,43)/b7-5-,17-8+/t20-,21-,22-,23-,24+,25+,26+,27+,28-,29-/m1/s1. The third-order valence-electron chi connectivity index (χ3n) is 7.82. The lowest BCUT2D eigenvalue weighted by atomic mass is 9.90. The highest BCUT2D eigenvalue weighted by molar-refractivity contribution is 5.94. The molecule has 2 amide bonds. The predicted octanol–water partition coefficient (Wildman–Crippen LogP) is -2.27. The molecular weight excluding hydrogens is 592 g/mol. The van der Waals surface area contributed by atoms with E-state index in [4.69, 9.17) is 9.47 Å².